The molecule has 0 aromatic rings. The van der Waals surface area contributed by atoms with Gasteiger partial charge in [-0.3, -0.25) is 19.2 Å². The molecule has 7 unspecified atom stereocenters. The van der Waals surface area contributed by atoms with Crippen LogP contribution in [0.1, 0.15) is 74.1 Å². The lowest BCUT2D eigenvalue weighted by molar-refractivity contribution is -0.431. The first-order valence-electron chi connectivity index (χ1n) is 15.5. The highest BCUT2D eigenvalue weighted by Gasteiger charge is 2.84. The predicted molar refractivity (Wildman–Crippen MR) is 147 cm³/mol. The molecule has 43 heavy (non-hydrogen) atoms. The molecule has 5 fully saturated rings. The fourth-order valence-corrected chi connectivity index (χ4v) is 8.76. The molecule has 242 valence electrons. The van der Waals surface area contributed by atoms with Crippen molar-refractivity contribution in [1.82, 2.24) is 0 Å². The van der Waals surface area contributed by atoms with Crippen LogP contribution < -0.4 is 0 Å². The van der Waals surface area contributed by atoms with E-state index in [0.717, 1.165) is 6.42 Å². The monoisotopic (exact) mass is 610 g/mol. The van der Waals surface area contributed by atoms with Crippen molar-refractivity contribution >= 4 is 23.9 Å². The van der Waals surface area contributed by atoms with Crippen LogP contribution >= 0.6 is 0 Å². The molecule has 3 saturated heterocycles. The highest BCUT2D eigenvalue weighted by Crippen LogP contribution is 2.71. The van der Waals surface area contributed by atoms with Gasteiger partial charge in [-0.05, 0) is 31.6 Å². The number of esters is 4. The average Bonchev–Trinajstić information content (AvgIpc) is 3.53. The summed E-state index contributed by atoms with van der Waals surface area (Å²) in [5.41, 5.74) is -3.55. The Bertz CT molecular complexity index is 1110. The topological polar surface area (TPSA) is 153 Å². The molecule has 5 aliphatic rings. The number of fused-ring (bicyclic) bond motifs is 1. The second-order valence-electron chi connectivity index (χ2n) is 13.5. The number of carbonyl (C=O) groups excluding carboxylic acids is 4. The van der Waals surface area contributed by atoms with Crippen molar-refractivity contribution in [1.29, 1.82) is 0 Å². The Morgan fingerprint density at radius 2 is 1.72 bits per heavy atom. The van der Waals surface area contributed by atoms with E-state index in [1.54, 1.807) is 6.92 Å². The summed E-state index contributed by atoms with van der Waals surface area (Å²) in [6.45, 7) is 11.7. The molecule has 12 nitrogen and oxygen atoms in total. The highest BCUT2D eigenvalue weighted by molar-refractivity contribution is 5.73. The van der Waals surface area contributed by atoms with Crippen molar-refractivity contribution in [2.75, 3.05) is 19.8 Å². The lowest BCUT2D eigenvalue weighted by Gasteiger charge is -2.75. The van der Waals surface area contributed by atoms with E-state index >= 15 is 0 Å². The number of ether oxygens (including phenoxy) is 7. The number of hydrogen-bond acceptors (Lipinski definition) is 12. The van der Waals surface area contributed by atoms with E-state index in [4.69, 9.17) is 33.2 Å². The van der Waals surface area contributed by atoms with Crippen LogP contribution in [-0.2, 0) is 52.3 Å². The van der Waals surface area contributed by atoms with Gasteiger partial charge in [-0.25, -0.2) is 0 Å². The van der Waals surface area contributed by atoms with Crippen molar-refractivity contribution < 1.29 is 57.4 Å². The van der Waals surface area contributed by atoms with Crippen molar-refractivity contribution in [2.24, 2.45) is 34.5 Å². The molecule has 2 saturated carbocycles. The minimum atomic E-state index is -1.60. The molecule has 0 amide bonds. The molecule has 0 aromatic carbocycles. The zero-order chi connectivity index (χ0) is 31.5. The summed E-state index contributed by atoms with van der Waals surface area (Å²) in [6.07, 6.45) is -3.15. The van der Waals surface area contributed by atoms with Crippen LogP contribution in [0.3, 0.4) is 0 Å². The third-order valence-electron chi connectivity index (χ3n) is 11.2. The van der Waals surface area contributed by atoms with Crippen LogP contribution in [0.15, 0.2) is 0 Å². The smallest absolute Gasteiger partial charge is 0.309 e. The number of aliphatic hydroxyl groups excluding tert-OH is 1. The molecule has 1 N–H and O–H groups in total. The summed E-state index contributed by atoms with van der Waals surface area (Å²) in [4.78, 5) is 50.7. The summed E-state index contributed by atoms with van der Waals surface area (Å²) >= 11 is 0. The molecular weight excluding hydrogens is 564 g/mol. The molecule has 1 spiro atoms. The Balaban J connectivity index is 1.70. The lowest BCUT2D eigenvalue weighted by Crippen LogP contribution is -2.88. The first kappa shape index (κ1) is 32.1. The summed E-state index contributed by atoms with van der Waals surface area (Å²) in [5.74, 6) is -3.59. The number of carbonyl (C=O) groups is 4. The maximum atomic E-state index is 13.3. The van der Waals surface area contributed by atoms with Crippen LogP contribution in [0.5, 0.6) is 0 Å². The summed E-state index contributed by atoms with van der Waals surface area (Å²) in [6, 6.07) is 0. The van der Waals surface area contributed by atoms with Crippen molar-refractivity contribution in [2.45, 2.75) is 117 Å². The second kappa shape index (κ2) is 11.6. The van der Waals surface area contributed by atoms with E-state index in [1.165, 1.54) is 20.8 Å². The van der Waals surface area contributed by atoms with Gasteiger partial charge in [0.25, 0.3) is 0 Å². The van der Waals surface area contributed by atoms with Gasteiger partial charge in [-0.1, -0.05) is 27.7 Å². The van der Waals surface area contributed by atoms with Crippen molar-refractivity contribution in [3.8, 4) is 0 Å². The third-order valence-corrected chi connectivity index (χ3v) is 11.2. The lowest BCUT2D eigenvalue weighted by atomic mass is 9.38. The molecule has 0 bridgehead atoms. The normalized spacial score (nSPS) is 45.4. The maximum Gasteiger partial charge on any atom is 0.309 e. The SMILES string of the molecule is CCC(C)C(=O)OC1C(OC(C)=O)C(O)[C@H]2[C@](C)(C3C[C@H]4CCOC4O3)[C@@H](C)CC(OC(C)=O)[C@@]23CO[C@]13COC(C)=O. The van der Waals surface area contributed by atoms with E-state index in [2.05, 4.69) is 0 Å². The van der Waals surface area contributed by atoms with Gasteiger partial charge < -0.3 is 38.3 Å². The van der Waals surface area contributed by atoms with E-state index in [1.807, 2.05) is 20.8 Å². The van der Waals surface area contributed by atoms with Crippen LogP contribution in [0.25, 0.3) is 0 Å². The molecule has 3 aliphatic heterocycles. The second-order valence-corrected chi connectivity index (χ2v) is 13.5. The molecule has 0 aromatic heterocycles. The molecule has 2 aliphatic carbocycles. The summed E-state index contributed by atoms with van der Waals surface area (Å²) in [7, 11) is 0. The van der Waals surface area contributed by atoms with E-state index in [-0.39, 0.29) is 37.4 Å². The Kier molecular flexibility index (Phi) is 8.65. The van der Waals surface area contributed by atoms with Gasteiger partial charge in [0, 0.05) is 38.0 Å². The quantitative estimate of drug-likeness (QED) is 0.317. The van der Waals surface area contributed by atoms with E-state index < -0.39 is 76.6 Å². The molecule has 12 heteroatoms. The Morgan fingerprint density at radius 3 is 2.28 bits per heavy atom. The van der Waals surface area contributed by atoms with Crippen LogP contribution in [-0.4, -0.2) is 91.2 Å². The van der Waals surface area contributed by atoms with Gasteiger partial charge in [0.1, 0.15) is 12.7 Å². The summed E-state index contributed by atoms with van der Waals surface area (Å²) < 4.78 is 42.3. The van der Waals surface area contributed by atoms with Gasteiger partial charge in [0.2, 0.25) is 0 Å². The minimum Gasteiger partial charge on any atom is -0.463 e. The van der Waals surface area contributed by atoms with Gasteiger partial charge in [0.05, 0.1) is 36.8 Å². The van der Waals surface area contributed by atoms with Crippen molar-refractivity contribution in [3.05, 3.63) is 0 Å². The average molecular weight is 611 g/mol. The molecule has 0 radical (unpaired) electrons. The largest absolute Gasteiger partial charge is 0.463 e. The van der Waals surface area contributed by atoms with Gasteiger partial charge in [0.15, 0.2) is 24.1 Å². The van der Waals surface area contributed by atoms with E-state index in [0.29, 0.717) is 25.9 Å². The van der Waals surface area contributed by atoms with Crippen molar-refractivity contribution in [3.63, 3.8) is 0 Å². The molecule has 5 rings (SSSR count). The Labute approximate surface area is 252 Å². The first-order valence-corrected chi connectivity index (χ1v) is 15.5. The number of aliphatic hydroxyl groups is 1. The predicted octanol–water partition coefficient (Wildman–Crippen LogP) is 2.31. The molecular formula is C31H46O12. The zero-order valence-corrected chi connectivity index (χ0v) is 26.2. The van der Waals surface area contributed by atoms with E-state index in [9.17, 15) is 24.3 Å². The van der Waals surface area contributed by atoms with Crippen LogP contribution in [0.4, 0.5) is 0 Å². The zero-order valence-electron chi connectivity index (χ0n) is 26.2. The van der Waals surface area contributed by atoms with Crippen LogP contribution in [0, 0.1) is 34.5 Å². The minimum absolute atomic E-state index is 0.0243. The first-order chi connectivity index (χ1) is 20.2. The Morgan fingerprint density at radius 1 is 1.02 bits per heavy atom. The number of hydrogen-bond donors (Lipinski definition) is 1. The maximum absolute atomic E-state index is 13.3. The third kappa shape index (κ3) is 4.87. The van der Waals surface area contributed by atoms with Gasteiger partial charge in [-0.2, -0.15) is 0 Å². The van der Waals surface area contributed by atoms with Crippen LogP contribution in [0.2, 0.25) is 0 Å². The fraction of sp³-hybridized carbons (Fsp3) is 0.871. The number of rotatable bonds is 8. The summed E-state index contributed by atoms with van der Waals surface area (Å²) in [5, 5.41) is 12.4. The Hall–Kier alpha value is -2.28. The van der Waals surface area contributed by atoms with Gasteiger partial charge >= 0.3 is 23.9 Å². The standard InChI is InChI=1S/C31H46O12/c1-8-15(2)27(36)43-26-24(41-19(6)34)23(35)25-29(7,21-12-20-9-10-37-28(20)42-21)16(3)11-22(40-18(5)33)30(25)13-39-31(26,30)14-38-17(4)32/h15-16,20-26,28,35H,8-14H2,1-7H3/t15?,16-,20+,21?,22?,23?,24?,25-,26?,28?,29-,30-,31+/m0/s1. The highest BCUT2D eigenvalue weighted by atomic mass is 16.7. The molecule has 13 atom stereocenters. The molecule has 3 heterocycles. The van der Waals surface area contributed by atoms with Gasteiger partial charge in [-0.15, -0.1) is 0 Å². The fourth-order valence-electron chi connectivity index (χ4n) is 8.76.